The van der Waals surface area contributed by atoms with Gasteiger partial charge in [0.25, 0.3) is 0 Å². The first-order valence-electron chi connectivity index (χ1n) is 9.79. The molecule has 1 unspecified atom stereocenters. The Morgan fingerprint density at radius 1 is 1.10 bits per heavy atom. The first kappa shape index (κ1) is 20.8. The third-order valence-corrected chi connectivity index (χ3v) is 5.36. The highest BCUT2D eigenvalue weighted by atomic mass is 16.5. The van der Waals surface area contributed by atoms with E-state index in [9.17, 15) is 9.90 Å². The Hall–Kier alpha value is -2.93. The number of hydrogen-bond donors (Lipinski definition) is 1. The lowest BCUT2D eigenvalue weighted by Gasteiger charge is -2.42. The molecule has 29 heavy (non-hydrogen) atoms. The average Bonchev–Trinajstić information content (AvgIpc) is 2.65. The monoisotopic (exact) mass is 392 g/mol. The van der Waals surface area contributed by atoms with Crippen molar-refractivity contribution in [3.05, 3.63) is 58.7 Å². The van der Waals surface area contributed by atoms with Crippen molar-refractivity contribution in [2.75, 3.05) is 7.11 Å². The molecule has 1 heterocycles. The number of carbonyl (C=O) groups excluding carboxylic acids is 1. The summed E-state index contributed by atoms with van der Waals surface area (Å²) in [5.41, 5.74) is 2.98. The number of esters is 1. The number of fused-ring (bicyclic) bond motifs is 1. The van der Waals surface area contributed by atoms with Gasteiger partial charge in [0.05, 0.1) is 13.0 Å². The molecule has 0 fully saturated rings. The minimum Gasteiger partial charge on any atom is -0.504 e. The van der Waals surface area contributed by atoms with E-state index in [-0.39, 0.29) is 28.7 Å². The Balaban J connectivity index is 1.89. The third kappa shape index (κ3) is 4.40. The van der Waals surface area contributed by atoms with Crippen molar-refractivity contribution in [3.63, 3.8) is 0 Å². The maximum absolute atomic E-state index is 11.7. The highest BCUT2D eigenvalue weighted by molar-refractivity contribution is 5.77. The number of phenols is 1. The normalized spacial score (nSPS) is 17.2. The summed E-state index contributed by atoms with van der Waals surface area (Å²) >= 11 is 0. The zero-order valence-electron chi connectivity index (χ0n) is 17.9. The number of ether oxygens (including phenoxy) is 2. The number of benzene rings is 2. The van der Waals surface area contributed by atoms with E-state index in [0.717, 1.165) is 28.7 Å². The van der Waals surface area contributed by atoms with E-state index in [1.54, 1.807) is 6.07 Å². The summed E-state index contributed by atoms with van der Waals surface area (Å²) in [4.78, 5) is 11.7. The van der Waals surface area contributed by atoms with E-state index in [2.05, 4.69) is 25.7 Å². The smallest absolute Gasteiger partial charge is 0.312 e. The molecule has 1 aliphatic heterocycles. The van der Waals surface area contributed by atoms with Gasteiger partial charge in [0.15, 0.2) is 11.5 Å². The van der Waals surface area contributed by atoms with Crippen molar-refractivity contribution in [3.8, 4) is 23.3 Å². The molecule has 2 aromatic rings. The highest BCUT2D eigenvalue weighted by Gasteiger charge is 2.40. The molecule has 0 aromatic heterocycles. The fraction of sp³-hybridized carbons (Fsp3) is 0.400. The number of methoxy groups -OCH3 is 1. The maximum atomic E-state index is 11.7. The van der Waals surface area contributed by atoms with Crippen LogP contribution in [-0.2, 0) is 14.9 Å². The van der Waals surface area contributed by atoms with Crippen molar-refractivity contribution >= 4 is 5.97 Å². The van der Waals surface area contributed by atoms with Gasteiger partial charge in [-0.05, 0) is 62.4 Å². The Morgan fingerprint density at radius 2 is 1.72 bits per heavy atom. The molecule has 4 heteroatoms. The zero-order chi connectivity index (χ0) is 21.4. The second-order valence-electron chi connectivity index (χ2n) is 8.91. The van der Waals surface area contributed by atoms with Gasteiger partial charge in [-0.3, -0.25) is 4.79 Å². The molecule has 0 amide bonds. The van der Waals surface area contributed by atoms with Crippen LogP contribution < -0.4 is 4.74 Å². The van der Waals surface area contributed by atoms with Crippen LogP contribution in [0.25, 0.3) is 0 Å². The molecule has 4 nitrogen and oxygen atoms in total. The fourth-order valence-corrected chi connectivity index (χ4v) is 4.08. The van der Waals surface area contributed by atoms with Gasteiger partial charge in [0.2, 0.25) is 0 Å². The number of rotatable bonds is 2. The van der Waals surface area contributed by atoms with E-state index in [0.29, 0.717) is 5.75 Å². The van der Waals surface area contributed by atoms with Crippen molar-refractivity contribution in [2.24, 2.45) is 0 Å². The van der Waals surface area contributed by atoms with Crippen LogP contribution in [0.5, 0.6) is 11.5 Å². The van der Waals surface area contributed by atoms with Crippen molar-refractivity contribution < 1.29 is 19.4 Å². The Kier molecular flexibility index (Phi) is 5.36. The fourth-order valence-electron chi connectivity index (χ4n) is 4.08. The van der Waals surface area contributed by atoms with E-state index < -0.39 is 0 Å². The topological polar surface area (TPSA) is 55.8 Å². The zero-order valence-corrected chi connectivity index (χ0v) is 17.9. The molecular weight excluding hydrogens is 364 g/mol. The average molecular weight is 392 g/mol. The first-order valence-corrected chi connectivity index (χ1v) is 9.79. The number of aromatic hydroxyl groups is 1. The lowest BCUT2D eigenvalue weighted by molar-refractivity contribution is -0.141. The van der Waals surface area contributed by atoms with Crippen LogP contribution in [0.2, 0.25) is 0 Å². The number of hydrogen-bond acceptors (Lipinski definition) is 4. The minimum absolute atomic E-state index is 0.120. The molecule has 0 spiro atoms. The molecular formula is C25H28O4. The molecule has 0 aliphatic carbocycles. The molecule has 0 bridgehead atoms. The molecule has 0 saturated heterocycles. The van der Waals surface area contributed by atoms with Crippen LogP contribution in [0.3, 0.4) is 0 Å². The van der Waals surface area contributed by atoms with Crippen LogP contribution in [0.4, 0.5) is 0 Å². The van der Waals surface area contributed by atoms with Gasteiger partial charge in [-0.2, -0.15) is 0 Å². The van der Waals surface area contributed by atoms with Gasteiger partial charge in [-0.15, -0.1) is 0 Å². The summed E-state index contributed by atoms with van der Waals surface area (Å²) in [6.45, 7) is 10.2. The molecule has 1 atom stereocenters. The standard InChI is InChI=1S/C25H28O4/c1-16(23(27)28-6)19-11-9-17(10-12-19)7-8-18-13-20-22(21(26)14-18)29-25(4,5)15-24(20,2)3/h9-14,16,26H,15H2,1-6H3. The minimum atomic E-state index is -0.329. The van der Waals surface area contributed by atoms with E-state index in [1.165, 1.54) is 7.11 Å². The predicted octanol–water partition coefficient (Wildman–Crippen LogP) is 4.91. The summed E-state index contributed by atoms with van der Waals surface area (Å²) in [5.74, 6) is 6.36. The SMILES string of the molecule is COC(=O)C(C)c1ccc(C#Cc2cc(O)c3c(c2)C(C)(C)CC(C)(C)O3)cc1. The maximum Gasteiger partial charge on any atom is 0.312 e. The van der Waals surface area contributed by atoms with Gasteiger partial charge >= 0.3 is 5.97 Å². The molecule has 0 radical (unpaired) electrons. The van der Waals surface area contributed by atoms with Crippen LogP contribution in [0.1, 0.15) is 69.2 Å². The largest absolute Gasteiger partial charge is 0.504 e. The molecule has 3 rings (SSSR count). The third-order valence-electron chi connectivity index (χ3n) is 5.36. The number of phenolic OH excluding ortho intramolecular Hbond substituents is 1. The summed E-state index contributed by atoms with van der Waals surface area (Å²) < 4.78 is 10.8. The Labute approximate surface area is 172 Å². The molecule has 152 valence electrons. The van der Waals surface area contributed by atoms with Crippen LogP contribution in [0, 0.1) is 11.8 Å². The Bertz CT molecular complexity index is 988. The quantitative estimate of drug-likeness (QED) is 0.583. The molecule has 2 aromatic carbocycles. The van der Waals surface area contributed by atoms with E-state index in [1.807, 2.05) is 51.1 Å². The second kappa shape index (κ2) is 7.48. The summed E-state index contributed by atoms with van der Waals surface area (Å²) in [5, 5.41) is 10.5. The lowest BCUT2D eigenvalue weighted by atomic mass is 9.73. The van der Waals surface area contributed by atoms with Gasteiger partial charge < -0.3 is 14.6 Å². The van der Waals surface area contributed by atoms with Crippen LogP contribution in [-0.4, -0.2) is 23.8 Å². The van der Waals surface area contributed by atoms with Crippen LogP contribution in [0.15, 0.2) is 36.4 Å². The van der Waals surface area contributed by atoms with Crippen molar-refractivity contribution in [2.45, 2.75) is 58.0 Å². The summed E-state index contributed by atoms with van der Waals surface area (Å²) in [6, 6.07) is 11.2. The van der Waals surface area contributed by atoms with Gasteiger partial charge in [-0.1, -0.05) is 37.8 Å². The number of carbonyl (C=O) groups is 1. The van der Waals surface area contributed by atoms with Gasteiger partial charge in [-0.25, -0.2) is 0 Å². The molecule has 1 aliphatic rings. The Morgan fingerprint density at radius 3 is 2.34 bits per heavy atom. The highest BCUT2D eigenvalue weighted by Crippen LogP contribution is 2.48. The first-order chi connectivity index (χ1) is 13.5. The van der Waals surface area contributed by atoms with Crippen molar-refractivity contribution in [1.29, 1.82) is 0 Å². The second-order valence-corrected chi connectivity index (χ2v) is 8.91. The lowest BCUT2D eigenvalue weighted by Crippen LogP contribution is -2.41. The molecule has 0 saturated carbocycles. The van der Waals surface area contributed by atoms with Gasteiger partial charge in [0, 0.05) is 16.7 Å². The van der Waals surface area contributed by atoms with E-state index >= 15 is 0 Å². The summed E-state index contributed by atoms with van der Waals surface area (Å²) in [6.07, 6.45) is 0.850. The predicted molar refractivity (Wildman–Crippen MR) is 113 cm³/mol. The van der Waals surface area contributed by atoms with Crippen molar-refractivity contribution in [1.82, 2.24) is 0 Å². The van der Waals surface area contributed by atoms with E-state index in [4.69, 9.17) is 9.47 Å². The molecule has 1 N–H and O–H groups in total. The van der Waals surface area contributed by atoms with Crippen LogP contribution >= 0.6 is 0 Å². The van der Waals surface area contributed by atoms with Gasteiger partial charge in [0.1, 0.15) is 5.60 Å². The summed E-state index contributed by atoms with van der Waals surface area (Å²) in [7, 11) is 1.39.